The second kappa shape index (κ2) is 7.33. The highest BCUT2D eigenvalue weighted by Gasteiger charge is 2.32. The van der Waals surface area contributed by atoms with Gasteiger partial charge in [0.25, 0.3) is 5.91 Å². The van der Waals surface area contributed by atoms with Crippen molar-refractivity contribution >= 4 is 51.3 Å². The van der Waals surface area contributed by atoms with Gasteiger partial charge in [-0.05, 0) is 36.8 Å². The first-order chi connectivity index (χ1) is 14.1. The number of hydrogen-bond donors (Lipinski definition) is 2. The standard InChI is InChI=1S/C19H11F3N4O2S2/c1-8-5-10-12(27)7-14(19(20,21)22)24-16(10)25-15(8)11-4-2-3-9(23-11)6-13-17(28)26-18(29)30-13/h2-7H,1H3,(H,24,25,27)(H,26,28,29)/b13-6-. The Morgan fingerprint density at radius 1 is 1.17 bits per heavy atom. The molecule has 1 aliphatic rings. The topological polar surface area (TPSA) is 87.7 Å². The van der Waals surface area contributed by atoms with Crippen LogP contribution in [0.2, 0.25) is 0 Å². The van der Waals surface area contributed by atoms with Crippen molar-refractivity contribution in [2.45, 2.75) is 13.1 Å². The molecule has 0 unspecified atom stereocenters. The summed E-state index contributed by atoms with van der Waals surface area (Å²) in [6, 6.07) is 6.99. The molecule has 152 valence electrons. The molecule has 11 heteroatoms. The molecule has 1 aliphatic heterocycles. The molecule has 4 heterocycles. The first-order valence-corrected chi connectivity index (χ1v) is 9.68. The fourth-order valence-electron chi connectivity index (χ4n) is 2.90. The summed E-state index contributed by atoms with van der Waals surface area (Å²) in [4.78, 5) is 35.2. The van der Waals surface area contributed by atoms with E-state index in [9.17, 15) is 22.8 Å². The minimum atomic E-state index is -4.70. The maximum atomic E-state index is 13.0. The lowest BCUT2D eigenvalue weighted by atomic mass is 10.1. The number of halogens is 3. The number of carbonyl (C=O) groups is 1. The molecule has 6 nitrogen and oxygen atoms in total. The lowest BCUT2D eigenvalue weighted by Crippen LogP contribution is -2.17. The van der Waals surface area contributed by atoms with E-state index in [2.05, 4.69) is 20.3 Å². The first-order valence-electron chi connectivity index (χ1n) is 8.46. The predicted molar refractivity (Wildman–Crippen MR) is 112 cm³/mol. The average molecular weight is 448 g/mol. The Balaban J connectivity index is 1.82. The predicted octanol–water partition coefficient (Wildman–Crippen LogP) is 3.80. The van der Waals surface area contributed by atoms with Gasteiger partial charge in [0.15, 0.2) is 5.43 Å². The third-order valence-corrected chi connectivity index (χ3v) is 5.41. The van der Waals surface area contributed by atoms with Crippen molar-refractivity contribution in [3.8, 4) is 11.4 Å². The number of amides is 1. The number of nitrogens with zero attached hydrogens (tertiary/aromatic N) is 2. The van der Waals surface area contributed by atoms with Crippen LogP contribution in [0.5, 0.6) is 0 Å². The molecule has 1 amide bonds. The number of pyridine rings is 3. The Kier molecular flexibility index (Phi) is 4.94. The molecular formula is C19H11F3N4O2S2. The third kappa shape index (κ3) is 3.85. The van der Waals surface area contributed by atoms with E-state index in [4.69, 9.17) is 12.2 Å². The van der Waals surface area contributed by atoms with Gasteiger partial charge in [-0.1, -0.05) is 30.0 Å². The summed E-state index contributed by atoms with van der Waals surface area (Å²) in [5.74, 6) is -0.325. The normalized spacial score (nSPS) is 15.8. The summed E-state index contributed by atoms with van der Waals surface area (Å²) in [5, 5.41) is 2.56. The van der Waals surface area contributed by atoms with Crippen molar-refractivity contribution < 1.29 is 18.0 Å². The minimum absolute atomic E-state index is 0.0510. The van der Waals surface area contributed by atoms with Gasteiger partial charge in [-0.2, -0.15) is 13.2 Å². The number of aromatic nitrogens is 3. The monoisotopic (exact) mass is 448 g/mol. The Labute approximate surface area is 176 Å². The second-order valence-electron chi connectivity index (χ2n) is 6.39. The summed E-state index contributed by atoms with van der Waals surface area (Å²) < 4.78 is 39.5. The highest BCUT2D eigenvalue weighted by molar-refractivity contribution is 8.26. The summed E-state index contributed by atoms with van der Waals surface area (Å²) in [6.45, 7) is 1.68. The highest BCUT2D eigenvalue weighted by atomic mass is 32.2. The van der Waals surface area contributed by atoms with Gasteiger partial charge in [0.2, 0.25) is 0 Å². The van der Waals surface area contributed by atoms with E-state index in [-0.39, 0.29) is 16.9 Å². The van der Waals surface area contributed by atoms with Crippen molar-refractivity contribution in [3.05, 3.63) is 62.4 Å². The molecule has 4 rings (SSSR count). The first kappa shape index (κ1) is 20.2. The molecule has 1 saturated heterocycles. The van der Waals surface area contributed by atoms with Crippen molar-refractivity contribution in [2.75, 3.05) is 0 Å². The summed E-state index contributed by atoms with van der Waals surface area (Å²) in [7, 11) is 0. The molecule has 0 spiro atoms. The lowest BCUT2D eigenvalue weighted by molar-refractivity contribution is -0.141. The van der Waals surface area contributed by atoms with Gasteiger partial charge >= 0.3 is 6.18 Å². The number of thiocarbonyl (C=S) groups is 1. The summed E-state index contributed by atoms with van der Waals surface area (Å²) in [6.07, 6.45) is -3.15. The SMILES string of the molecule is Cc1cc2c(=O)cc(C(F)(F)F)[nH]c2nc1-c1cccc(/C=C2\SC(=S)NC2=O)n1. The molecular weight excluding hydrogens is 437 g/mol. The quantitative estimate of drug-likeness (QED) is 0.458. The number of alkyl halides is 3. The van der Waals surface area contributed by atoms with Crippen LogP contribution in [0.3, 0.4) is 0 Å². The summed E-state index contributed by atoms with van der Waals surface area (Å²) >= 11 is 6.06. The molecule has 0 aromatic carbocycles. The maximum absolute atomic E-state index is 13.0. The number of H-pyrrole nitrogens is 1. The zero-order chi connectivity index (χ0) is 21.6. The van der Waals surface area contributed by atoms with E-state index in [0.29, 0.717) is 37.9 Å². The van der Waals surface area contributed by atoms with Gasteiger partial charge in [-0.15, -0.1) is 0 Å². The van der Waals surface area contributed by atoms with Crippen LogP contribution in [0.1, 0.15) is 17.0 Å². The fraction of sp³-hybridized carbons (Fsp3) is 0.105. The van der Waals surface area contributed by atoms with E-state index in [0.717, 1.165) is 11.8 Å². The van der Waals surface area contributed by atoms with Gasteiger partial charge in [0, 0.05) is 6.07 Å². The maximum Gasteiger partial charge on any atom is 0.431 e. The average Bonchev–Trinajstić information content (AvgIpc) is 2.98. The van der Waals surface area contributed by atoms with E-state index in [1.165, 1.54) is 6.07 Å². The van der Waals surface area contributed by atoms with Crippen molar-refractivity contribution in [1.82, 2.24) is 20.3 Å². The lowest BCUT2D eigenvalue weighted by Gasteiger charge is -2.10. The second-order valence-corrected chi connectivity index (χ2v) is 8.11. The van der Waals surface area contributed by atoms with Crippen LogP contribution >= 0.6 is 24.0 Å². The van der Waals surface area contributed by atoms with Crippen LogP contribution in [-0.2, 0) is 11.0 Å². The van der Waals surface area contributed by atoms with Gasteiger partial charge in [-0.25, -0.2) is 9.97 Å². The Morgan fingerprint density at radius 2 is 1.93 bits per heavy atom. The number of fused-ring (bicyclic) bond motifs is 1. The summed E-state index contributed by atoms with van der Waals surface area (Å²) in [5.41, 5.74) is -0.409. The number of aromatic amines is 1. The zero-order valence-electron chi connectivity index (χ0n) is 15.1. The van der Waals surface area contributed by atoms with Crippen LogP contribution in [-0.4, -0.2) is 25.2 Å². The Morgan fingerprint density at radius 3 is 2.60 bits per heavy atom. The van der Waals surface area contributed by atoms with Crippen molar-refractivity contribution in [3.63, 3.8) is 0 Å². The van der Waals surface area contributed by atoms with E-state index < -0.39 is 17.3 Å². The largest absolute Gasteiger partial charge is 0.431 e. The molecule has 3 aromatic rings. The van der Waals surface area contributed by atoms with E-state index >= 15 is 0 Å². The van der Waals surface area contributed by atoms with Gasteiger partial charge in [0.1, 0.15) is 15.7 Å². The molecule has 0 aliphatic carbocycles. The molecule has 1 fully saturated rings. The smallest absolute Gasteiger partial charge is 0.335 e. The Bertz CT molecular complexity index is 1320. The van der Waals surface area contributed by atoms with Crippen LogP contribution < -0.4 is 10.7 Å². The number of hydrogen-bond acceptors (Lipinski definition) is 6. The van der Waals surface area contributed by atoms with Gasteiger partial charge < -0.3 is 10.3 Å². The molecule has 0 radical (unpaired) electrons. The number of thioether (sulfide) groups is 1. The number of nitrogens with one attached hydrogen (secondary N) is 2. The third-order valence-electron chi connectivity index (χ3n) is 4.25. The Hall–Kier alpha value is -3.05. The van der Waals surface area contributed by atoms with E-state index in [1.54, 1.807) is 31.2 Å². The molecule has 3 aromatic heterocycles. The van der Waals surface area contributed by atoms with Gasteiger partial charge in [0.05, 0.1) is 27.4 Å². The molecule has 0 saturated carbocycles. The zero-order valence-corrected chi connectivity index (χ0v) is 16.8. The molecule has 0 bridgehead atoms. The van der Waals surface area contributed by atoms with Crippen LogP contribution in [0, 0.1) is 6.92 Å². The minimum Gasteiger partial charge on any atom is -0.335 e. The number of rotatable bonds is 2. The van der Waals surface area contributed by atoms with Crippen molar-refractivity contribution in [1.29, 1.82) is 0 Å². The van der Waals surface area contributed by atoms with Crippen LogP contribution in [0.15, 0.2) is 40.0 Å². The van der Waals surface area contributed by atoms with Gasteiger partial charge in [-0.3, -0.25) is 9.59 Å². The number of aryl methyl sites for hydroxylation is 1. The molecule has 2 N–H and O–H groups in total. The highest BCUT2D eigenvalue weighted by Crippen LogP contribution is 2.29. The van der Waals surface area contributed by atoms with Crippen LogP contribution in [0.4, 0.5) is 13.2 Å². The number of carbonyl (C=O) groups excluding carboxylic acids is 1. The molecule has 30 heavy (non-hydrogen) atoms. The fourth-order valence-corrected chi connectivity index (χ4v) is 3.93. The van der Waals surface area contributed by atoms with E-state index in [1.807, 2.05) is 0 Å². The van der Waals surface area contributed by atoms with Crippen LogP contribution in [0.25, 0.3) is 28.5 Å². The molecule has 0 atom stereocenters. The van der Waals surface area contributed by atoms with Crippen molar-refractivity contribution in [2.24, 2.45) is 0 Å².